The van der Waals surface area contributed by atoms with E-state index in [1.807, 2.05) is 24.3 Å². The van der Waals surface area contributed by atoms with Gasteiger partial charge in [-0.2, -0.15) is 0 Å². The molecule has 1 atom stereocenters. The Balaban J connectivity index is 2.01. The van der Waals surface area contributed by atoms with Gasteiger partial charge in [-0.1, -0.05) is 12.1 Å². The van der Waals surface area contributed by atoms with Gasteiger partial charge in [0.25, 0.3) is 0 Å². The van der Waals surface area contributed by atoms with Crippen LogP contribution in [0.15, 0.2) is 24.3 Å². The molecule has 1 N–H and O–H groups in total. The number of nitrogens with one attached hydrogen (secondary N) is 1. The van der Waals surface area contributed by atoms with Gasteiger partial charge in [0.15, 0.2) is 0 Å². The van der Waals surface area contributed by atoms with Gasteiger partial charge in [0.1, 0.15) is 17.7 Å². The Hall–Kier alpha value is -1.62. The summed E-state index contributed by atoms with van der Waals surface area (Å²) in [7, 11) is 0. The van der Waals surface area contributed by atoms with Crippen LogP contribution in [-0.4, -0.2) is 17.7 Å². The molecule has 1 unspecified atom stereocenters. The van der Waals surface area contributed by atoms with Crippen molar-refractivity contribution < 1.29 is 9.53 Å². The molecule has 3 rings (SSSR count). The van der Waals surface area contributed by atoms with E-state index in [-0.39, 0.29) is 12.1 Å². The Morgan fingerprint density at radius 2 is 2.33 bits per heavy atom. The highest BCUT2D eigenvalue weighted by Gasteiger charge is 2.26. The minimum Gasteiger partial charge on any atom is -0.447 e. The molecule has 1 aromatic heterocycles. The van der Waals surface area contributed by atoms with Crippen molar-refractivity contribution in [1.82, 2.24) is 10.3 Å². The van der Waals surface area contributed by atoms with Gasteiger partial charge in [-0.3, -0.25) is 0 Å². The lowest BCUT2D eigenvalue weighted by molar-refractivity contribution is 0.177. The molecule has 1 aromatic carbocycles. The molecule has 1 aliphatic rings. The number of nitrogens with zero attached hydrogens (tertiary/aromatic N) is 1. The molecule has 4 nitrogen and oxygen atoms in total. The standard InChI is InChI=1S/C10H8N2O2S/c13-10-12-7(5-14-10)9-11-6-3-1-2-4-8(6)15-9/h1-4,7H,5H2,(H,12,13). The predicted octanol–water partition coefficient (Wildman–Crippen LogP) is 2.08. The zero-order valence-corrected chi connectivity index (χ0v) is 8.58. The van der Waals surface area contributed by atoms with Crippen molar-refractivity contribution >= 4 is 27.6 Å². The fraction of sp³-hybridized carbons (Fsp3) is 0.200. The first-order valence-corrected chi connectivity index (χ1v) is 5.43. The minimum absolute atomic E-state index is 0.0881. The van der Waals surface area contributed by atoms with Gasteiger partial charge in [-0.15, -0.1) is 11.3 Å². The number of para-hydroxylation sites is 1. The average molecular weight is 220 g/mol. The monoisotopic (exact) mass is 220 g/mol. The first-order chi connectivity index (χ1) is 7.33. The number of fused-ring (bicyclic) bond motifs is 1. The zero-order chi connectivity index (χ0) is 10.3. The fourth-order valence-electron chi connectivity index (χ4n) is 1.56. The number of rotatable bonds is 1. The fourth-order valence-corrected chi connectivity index (χ4v) is 2.56. The molecule has 0 spiro atoms. The summed E-state index contributed by atoms with van der Waals surface area (Å²) in [6, 6.07) is 7.83. The quantitative estimate of drug-likeness (QED) is 0.800. The summed E-state index contributed by atoms with van der Waals surface area (Å²) in [4.78, 5) is 15.3. The highest BCUT2D eigenvalue weighted by atomic mass is 32.1. The second-order valence-electron chi connectivity index (χ2n) is 3.32. The van der Waals surface area contributed by atoms with Crippen molar-refractivity contribution in [2.45, 2.75) is 6.04 Å². The number of hydrogen-bond donors (Lipinski definition) is 1. The topological polar surface area (TPSA) is 51.2 Å². The van der Waals surface area contributed by atoms with Crippen LogP contribution in [0.3, 0.4) is 0 Å². The van der Waals surface area contributed by atoms with Gasteiger partial charge < -0.3 is 10.1 Å². The van der Waals surface area contributed by atoms with Crippen LogP contribution in [0, 0.1) is 0 Å². The summed E-state index contributed by atoms with van der Waals surface area (Å²) in [5.41, 5.74) is 0.971. The van der Waals surface area contributed by atoms with Gasteiger partial charge in [0.05, 0.1) is 10.2 Å². The van der Waals surface area contributed by atoms with Crippen LogP contribution in [0.4, 0.5) is 4.79 Å². The molecule has 0 radical (unpaired) electrons. The van der Waals surface area contributed by atoms with E-state index in [0.29, 0.717) is 6.61 Å². The Morgan fingerprint density at radius 1 is 1.47 bits per heavy atom. The number of cyclic esters (lactones) is 1. The Bertz CT molecular complexity index is 490. The second-order valence-corrected chi connectivity index (χ2v) is 4.38. The molecule has 2 heterocycles. The molecule has 1 amide bonds. The molecule has 0 saturated carbocycles. The lowest BCUT2D eigenvalue weighted by Crippen LogP contribution is -2.17. The number of amides is 1. The molecule has 2 aromatic rings. The molecular weight excluding hydrogens is 212 g/mol. The van der Waals surface area contributed by atoms with Crippen LogP contribution in [0.2, 0.25) is 0 Å². The summed E-state index contributed by atoms with van der Waals surface area (Å²) in [5.74, 6) is 0. The highest BCUT2D eigenvalue weighted by molar-refractivity contribution is 7.18. The number of carbonyl (C=O) groups excluding carboxylic acids is 1. The van der Waals surface area contributed by atoms with Crippen molar-refractivity contribution in [1.29, 1.82) is 0 Å². The second kappa shape index (κ2) is 3.20. The first kappa shape index (κ1) is 8.67. The molecular formula is C10H8N2O2S. The van der Waals surface area contributed by atoms with Crippen molar-refractivity contribution in [3.05, 3.63) is 29.3 Å². The van der Waals surface area contributed by atoms with Crippen LogP contribution < -0.4 is 5.32 Å². The normalized spacial score (nSPS) is 20.3. The van der Waals surface area contributed by atoms with Crippen LogP contribution in [0.5, 0.6) is 0 Å². The van der Waals surface area contributed by atoms with E-state index in [4.69, 9.17) is 4.74 Å². The predicted molar refractivity (Wildman–Crippen MR) is 56.8 cm³/mol. The van der Waals surface area contributed by atoms with Crippen molar-refractivity contribution in [2.24, 2.45) is 0 Å². The van der Waals surface area contributed by atoms with E-state index >= 15 is 0 Å². The molecule has 76 valence electrons. The third kappa shape index (κ3) is 1.45. The van der Waals surface area contributed by atoms with Crippen molar-refractivity contribution in [3.63, 3.8) is 0 Å². The van der Waals surface area contributed by atoms with Crippen LogP contribution in [0.1, 0.15) is 11.0 Å². The number of ether oxygens (including phenoxy) is 1. The van der Waals surface area contributed by atoms with Crippen LogP contribution in [0.25, 0.3) is 10.2 Å². The molecule has 5 heteroatoms. The number of benzene rings is 1. The summed E-state index contributed by atoms with van der Waals surface area (Å²) < 4.78 is 5.97. The minimum atomic E-state index is -0.362. The number of carbonyl (C=O) groups is 1. The summed E-state index contributed by atoms with van der Waals surface area (Å²) in [6.07, 6.45) is -0.362. The first-order valence-electron chi connectivity index (χ1n) is 4.62. The molecule has 1 aliphatic heterocycles. The molecule has 1 saturated heterocycles. The highest BCUT2D eigenvalue weighted by Crippen LogP contribution is 2.27. The molecule has 1 fully saturated rings. The van der Waals surface area contributed by atoms with Crippen LogP contribution >= 0.6 is 11.3 Å². The number of alkyl carbamates (subject to hydrolysis) is 1. The van der Waals surface area contributed by atoms with Gasteiger partial charge in [-0.05, 0) is 12.1 Å². The van der Waals surface area contributed by atoms with Gasteiger partial charge in [-0.25, -0.2) is 9.78 Å². The Kier molecular flexibility index (Phi) is 1.85. The molecule has 0 bridgehead atoms. The average Bonchev–Trinajstić information content (AvgIpc) is 2.82. The maximum atomic E-state index is 10.9. The van der Waals surface area contributed by atoms with Crippen molar-refractivity contribution in [2.75, 3.05) is 6.61 Å². The summed E-state index contributed by atoms with van der Waals surface area (Å²) in [5, 5.41) is 3.62. The molecule has 15 heavy (non-hydrogen) atoms. The maximum absolute atomic E-state index is 10.9. The largest absolute Gasteiger partial charge is 0.447 e. The zero-order valence-electron chi connectivity index (χ0n) is 7.77. The number of aromatic nitrogens is 1. The van der Waals surface area contributed by atoms with Crippen molar-refractivity contribution in [3.8, 4) is 0 Å². The van der Waals surface area contributed by atoms with E-state index in [1.54, 1.807) is 11.3 Å². The third-order valence-electron chi connectivity index (χ3n) is 2.28. The van der Waals surface area contributed by atoms with Crippen LogP contribution in [-0.2, 0) is 4.74 Å². The number of thiazole rings is 1. The van der Waals surface area contributed by atoms with E-state index in [1.165, 1.54) is 0 Å². The Morgan fingerprint density at radius 3 is 3.07 bits per heavy atom. The smallest absolute Gasteiger partial charge is 0.407 e. The number of hydrogen-bond acceptors (Lipinski definition) is 4. The summed E-state index contributed by atoms with van der Waals surface area (Å²) in [6.45, 7) is 0.374. The SMILES string of the molecule is O=C1NC(c2nc3ccccc3s2)CO1. The van der Waals surface area contributed by atoms with Gasteiger partial charge >= 0.3 is 6.09 Å². The summed E-state index contributed by atoms with van der Waals surface area (Å²) >= 11 is 1.59. The van der Waals surface area contributed by atoms with E-state index in [0.717, 1.165) is 15.2 Å². The van der Waals surface area contributed by atoms with E-state index < -0.39 is 0 Å². The molecule has 0 aliphatic carbocycles. The maximum Gasteiger partial charge on any atom is 0.407 e. The Labute approximate surface area is 89.9 Å². The third-order valence-corrected chi connectivity index (χ3v) is 3.43. The van der Waals surface area contributed by atoms with Gasteiger partial charge in [0, 0.05) is 0 Å². The lowest BCUT2D eigenvalue weighted by atomic mass is 10.3. The van der Waals surface area contributed by atoms with E-state index in [2.05, 4.69) is 10.3 Å². The van der Waals surface area contributed by atoms with Gasteiger partial charge in [0.2, 0.25) is 0 Å². The van der Waals surface area contributed by atoms with E-state index in [9.17, 15) is 4.79 Å². The lowest BCUT2D eigenvalue weighted by Gasteiger charge is -1.99.